The summed E-state index contributed by atoms with van der Waals surface area (Å²) in [5.41, 5.74) is 1.01. The van der Waals surface area contributed by atoms with Gasteiger partial charge in [-0.25, -0.2) is 13.1 Å². The van der Waals surface area contributed by atoms with E-state index in [1.54, 1.807) is 47.8 Å². The van der Waals surface area contributed by atoms with E-state index in [9.17, 15) is 13.5 Å². The van der Waals surface area contributed by atoms with Crippen molar-refractivity contribution in [2.24, 2.45) is 0 Å². The number of aryl methyl sites for hydroxylation is 1. The molecule has 0 bridgehead atoms. The van der Waals surface area contributed by atoms with Gasteiger partial charge >= 0.3 is 0 Å². The van der Waals surface area contributed by atoms with Gasteiger partial charge in [-0.15, -0.1) is 11.8 Å². The van der Waals surface area contributed by atoms with Crippen molar-refractivity contribution in [1.82, 2.24) is 4.72 Å². The van der Waals surface area contributed by atoms with Crippen molar-refractivity contribution in [2.45, 2.75) is 17.9 Å². The zero-order valence-corrected chi connectivity index (χ0v) is 13.4. The second-order valence-electron chi connectivity index (χ2n) is 4.09. The first-order valence-corrected chi connectivity index (χ1v) is 9.79. The van der Waals surface area contributed by atoms with Crippen molar-refractivity contribution in [2.75, 3.05) is 23.7 Å². The molecule has 0 heterocycles. The lowest BCUT2D eigenvalue weighted by molar-refractivity contribution is 0.267. The molecular weight excluding hydrogens is 302 g/mol. The van der Waals surface area contributed by atoms with Crippen LogP contribution in [0.1, 0.15) is 5.56 Å². The van der Waals surface area contributed by atoms with Gasteiger partial charge < -0.3 is 5.11 Å². The third-order valence-electron chi connectivity index (χ3n) is 2.39. The van der Waals surface area contributed by atoms with Crippen molar-refractivity contribution >= 4 is 33.5 Å². The summed E-state index contributed by atoms with van der Waals surface area (Å²) in [5.74, 6) is 0.558. The molecule has 1 aromatic rings. The number of thioether (sulfide) groups is 2. The maximum Gasteiger partial charge on any atom is 0.240 e. The number of nitrogens with one attached hydrogen (secondary N) is 1. The molecule has 0 radical (unpaired) electrons. The molecule has 0 saturated carbocycles. The van der Waals surface area contributed by atoms with Crippen molar-refractivity contribution in [3.05, 3.63) is 29.8 Å². The highest BCUT2D eigenvalue weighted by Gasteiger charge is 2.19. The van der Waals surface area contributed by atoms with Gasteiger partial charge in [0, 0.05) is 10.8 Å². The summed E-state index contributed by atoms with van der Waals surface area (Å²) < 4.78 is 26.7. The van der Waals surface area contributed by atoms with Gasteiger partial charge in [-0.05, 0) is 25.3 Å². The van der Waals surface area contributed by atoms with Crippen LogP contribution < -0.4 is 4.72 Å². The number of rotatable bonds is 8. The highest BCUT2D eigenvalue weighted by molar-refractivity contribution is 8.15. The van der Waals surface area contributed by atoms with Gasteiger partial charge in [-0.1, -0.05) is 17.7 Å². The van der Waals surface area contributed by atoms with E-state index in [4.69, 9.17) is 0 Å². The predicted molar refractivity (Wildman–Crippen MR) is 83.2 cm³/mol. The molecule has 0 amide bonds. The zero-order chi connectivity index (χ0) is 14.3. The SMILES string of the molecule is CSCSC[C@H](CO)NS(=O)(=O)c1ccc(C)cc1. The fourth-order valence-electron chi connectivity index (χ4n) is 1.40. The van der Waals surface area contributed by atoms with Gasteiger partial charge in [0.15, 0.2) is 0 Å². The Morgan fingerprint density at radius 1 is 1.32 bits per heavy atom. The second-order valence-corrected chi connectivity index (χ2v) is 8.07. The Morgan fingerprint density at radius 3 is 2.47 bits per heavy atom. The van der Waals surface area contributed by atoms with Gasteiger partial charge in [0.1, 0.15) is 0 Å². The van der Waals surface area contributed by atoms with E-state index in [-0.39, 0.29) is 11.5 Å². The van der Waals surface area contributed by atoms with Crippen LogP contribution in [0.3, 0.4) is 0 Å². The van der Waals surface area contributed by atoms with Crippen LogP contribution in [0.4, 0.5) is 0 Å². The largest absolute Gasteiger partial charge is 0.395 e. The lowest BCUT2D eigenvalue weighted by Crippen LogP contribution is -2.39. The van der Waals surface area contributed by atoms with E-state index in [0.29, 0.717) is 5.75 Å². The van der Waals surface area contributed by atoms with E-state index in [0.717, 1.165) is 10.6 Å². The molecule has 7 heteroatoms. The van der Waals surface area contributed by atoms with Crippen LogP contribution in [-0.2, 0) is 10.0 Å². The monoisotopic (exact) mass is 321 g/mol. The van der Waals surface area contributed by atoms with Crippen molar-refractivity contribution < 1.29 is 13.5 Å². The molecule has 0 aliphatic carbocycles. The molecule has 2 N–H and O–H groups in total. The molecule has 0 unspecified atom stereocenters. The van der Waals surface area contributed by atoms with Crippen LogP contribution in [0.25, 0.3) is 0 Å². The van der Waals surface area contributed by atoms with Crippen LogP contribution in [0.2, 0.25) is 0 Å². The minimum absolute atomic E-state index is 0.202. The Balaban J connectivity index is 2.69. The van der Waals surface area contributed by atoms with Gasteiger partial charge in [-0.2, -0.15) is 11.8 Å². The van der Waals surface area contributed by atoms with Crippen LogP contribution >= 0.6 is 23.5 Å². The molecule has 0 aliphatic rings. The van der Waals surface area contributed by atoms with E-state index in [1.807, 2.05) is 13.2 Å². The molecule has 0 aliphatic heterocycles. The Bertz CT molecular complexity index is 473. The normalized spacial score (nSPS) is 13.4. The highest BCUT2D eigenvalue weighted by atomic mass is 32.2. The molecule has 0 saturated heterocycles. The maximum absolute atomic E-state index is 12.1. The fourth-order valence-corrected chi connectivity index (χ4v) is 4.26. The smallest absolute Gasteiger partial charge is 0.240 e. The van der Waals surface area contributed by atoms with E-state index in [2.05, 4.69) is 4.72 Å². The summed E-state index contributed by atoms with van der Waals surface area (Å²) in [6, 6.07) is 6.20. The minimum Gasteiger partial charge on any atom is -0.395 e. The van der Waals surface area contributed by atoms with Crippen LogP contribution in [-0.4, -0.2) is 43.3 Å². The fraction of sp³-hybridized carbons (Fsp3) is 0.500. The average Bonchev–Trinajstić information content (AvgIpc) is 2.38. The first-order valence-electron chi connectivity index (χ1n) is 5.76. The number of sulfonamides is 1. The van der Waals surface area contributed by atoms with Gasteiger partial charge in [0.2, 0.25) is 10.0 Å². The lowest BCUT2D eigenvalue weighted by atomic mass is 10.2. The van der Waals surface area contributed by atoms with E-state index < -0.39 is 16.1 Å². The van der Waals surface area contributed by atoms with Crippen LogP contribution in [0, 0.1) is 6.92 Å². The van der Waals surface area contributed by atoms with Gasteiger partial charge in [0.25, 0.3) is 0 Å². The van der Waals surface area contributed by atoms with Crippen LogP contribution in [0.5, 0.6) is 0 Å². The number of hydrogen-bond donors (Lipinski definition) is 2. The first-order chi connectivity index (χ1) is 8.99. The molecular formula is C12H19NO3S3. The molecule has 0 aromatic heterocycles. The molecule has 1 rings (SSSR count). The standard InChI is InChI=1S/C12H19NO3S3/c1-10-3-5-12(6-4-10)19(15,16)13-11(7-14)8-18-9-17-2/h3-6,11,13-14H,7-9H2,1-2H3/t11-/m0/s1. The maximum atomic E-state index is 12.1. The van der Waals surface area contributed by atoms with Crippen LogP contribution in [0.15, 0.2) is 29.2 Å². The number of aliphatic hydroxyl groups excluding tert-OH is 1. The Labute approximate surface area is 123 Å². The summed E-state index contributed by atoms with van der Waals surface area (Å²) in [5, 5.41) is 10.1. The summed E-state index contributed by atoms with van der Waals surface area (Å²) >= 11 is 3.27. The summed E-state index contributed by atoms with van der Waals surface area (Å²) in [6.45, 7) is 1.70. The average molecular weight is 321 g/mol. The Hall–Kier alpha value is -0.210. The lowest BCUT2D eigenvalue weighted by Gasteiger charge is -2.16. The summed E-state index contributed by atoms with van der Waals surface area (Å²) in [7, 11) is -3.56. The molecule has 108 valence electrons. The highest BCUT2D eigenvalue weighted by Crippen LogP contribution is 2.13. The van der Waals surface area contributed by atoms with Crippen molar-refractivity contribution in [3.8, 4) is 0 Å². The number of hydrogen-bond acceptors (Lipinski definition) is 5. The molecule has 1 aromatic carbocycles. The van der Waals surface area contributed by atoms with E-state index in [1.165, 1.54) is 0 Å². The number of benzene rings is 1. The topological polar surface area (TPSA) is 66.4 Å². The number of aliphatic hydroxyl groups is 1. The molecule has 0 fully saturated rings. The van der Waals surface area contributed by atoms with Gasteiger partial charge in [-0.3, -0.25) is 0 Å². The molecule has 0 spiro atoms. The molecule has 4 nitrogen and oxygen atoms in total. The quantitative estimate of drug-likeness (QED) is 0.563. The summed E-state index contributed by atoms with van der Waals surface area (Å²) in [6.07, 6.45) is 1.98. The van der Waals surface area contributed by atoms with Crippen molar-refractivity contribution in [3.63, 3.8) is 0 Å². The predicted octanol–water partition coefficient (Wildman–Crippen LogP) is 1.69. The molecule has 19 heavy (non-hydrogen) atoms. The van der Waals surface area contributed by atoms with E-state index >= 15 is 0 Å². The molecule has 1 atom stereocenters. The third kappa shape index (κ3) is 5.74. The third-order valence-corrected chi connectivity index (χ3v) is 6.18. The van der Waals surface area contributed by atoms with Gasteiger partial charge in [0.05, 0.1) is 17.5 Å². The van der Waals surface area contributed by atoms with Crippen molar-refractivity contribution in [1.29, 1.82) is 0 Å². The Morgan fingerprint density at radius 2 is 1.95 bits per heavy atom. The summed E-state index contributed by atoms with van der Waals surface area (Å²) in [4.78, 5) is 0.228. The second kappa shape index (κ2) is 8.16. The first kappa shape index (κ1) is 16.8. The minimum atomic E-state index is -3.56. The zero-order valence-electron chi connectivity index (χ0n) is 11.0. The Kier molecular flexibility index (Phi) is 7.23.